The molecule has 0 aromatic heterocycles. The van der Waals surface area contributed by atoms with E-state index in [1.165, 1.54) is 12.1 Å². The summed E-state index contributed by atoms with van der Waals surface area (Å²) in [6.45, 7) is 3.25. The number of hydrogen-bond donors (Lipinski definition) is 3. The fourth-order valence-electron chi connectivity index (χ4n) is 1.41. The van der Waals surface area contributed by atoms with Crippen LogP contribution in [-0.4, -0.2) is 26.2 Å². The summed E-state index contributed by atoms with van der Waals surface area (Å²) < 4.78 is 26.5. The molecule has 4 N–H and O–H groups in total. The summed E-state index contributed by atoms with van der Waals surface area (Å²) in [5.41, 5.74) is 6.76. The van der Waals surface area contributed by atoms with Gasteiger partial charge in [-0.25, -0.2) is 13.1 Å². The van der Waals surface area contributed by atoms with E-state index < -0.39 is 16.1 Å². The highest BCUT2D eigenvalue weighted by Crippen LogP contribution is 2.26. The van der Waals surface area contributed by atoms with E-state index in [4.69, 9.17) is 22.4 Å². The standard InChI is InChI=1S/C11H17ClN2O3S/c1-3-8(6-15)14-18(16,17)11-5-10(13)7(2)4-9(11)12/h4-5,8,14-15H,3,6,13H2,1-2H3/t8-/m0/s1. The lowest BCUT2D eigenvalue weighted by molar-refractivity contribution is 0.254. The number of rotatable bonds is 5. The molecule has 0 aliphatic carbocycles. The van der Waals surface area contributed by atoms with Crippen molar-refractivity contribution < 1.29 is 13.5 Å². The van der Waals surface area contributed by atoms with E-state index in [9.17, 15) is 8.42 Å². The number of hydrogen-bond acceptors (Lipinski definition) is 4. The maximum atomic E-state index is 12.1. The molecule has 0 aliphatic rings. The smallest absolute Gasteiger partial charge is 0.242 e. The summed E-state index contributed by atoms with van der Waals surface area (Å²) in [5.74, 6) is 0. The number of aliphatic hydroxyl groups excluding tert-OH is 1. The van der Waals surface area contributed by atoms with Gasteiger partial charge in [0.05, 0.1) is 11.6 Å². The van der Waals surface area contributed by atoms with Crippen LogP contribution in [0.4, 0.5) is 5.69 Å². The normalized spacial score (nSPS) is 13.6. The summed E-state index contributed by atoms with van der Waals surface area (Å²) in [4.78, 5) is -0.0702. The Balaban J connectivity index is 3.16. The molecule has 0 amide bonds. The average molecular weight is 293 g/mol. The largest absolute Gasteiger partial charge is 0.398 e. The lowest BCUT2D eigenvalue weighted by Gasteiger charge is -2.16. The lowest BCUT2D eigenvalue weighted by Crippen LogP contribution is -2.37. The molecular weight excluding hydrogens is 276 g/mol. The molecule has 0 fully saturated rings. The fraction of sp³-hybridized carbons (Fsp3) is 0.455. The van der Waals surface area contributed by atoms with Crippen LogP contribution in [0, 0.1) is 6.92 Å². The van der Waals surface area contributed by atoms with E-state index in [1.807, 2.05) is 0 Å². The maximum absolute atomic E-state index is 12.1. The molecule has 0 radical (unpaired) electrons. The highest BCUT2D eigenvalue weighted by Gasteiger charge is 2.22. The van der Waals surface area contributed by atoms with Crippen LogP contribution in [0.3, 0.4) is 0 Å². The van der Waals surface area contributed by atoms with Gasteiger partial charge in [-0.2, -0.15) is 0 Å². The van der Waals surface area contributed by atoms with Gasteiger partial charge in [0.15, 0.2) is 0 Å². The van der Waals surface area contributed by atoms with Gasteiger partial charge in [-0.15, -0.1) is 0 Å². The van der Waals surface area contributed by atoms with Gasteiger partial charge in [0.25, 0.3) is 0 Å². The minimum absolute atomic E-state index is 0.0702. The number of sulfonamides is 1. The van der Waals surface area contributed by atoms with E-state index >= 15 is 0 Å². The lowest BCUT2D eigenvalue weighted by atomic mass is 10.2. The van der Waals surface area contributed by atoms with Gasteiger partial charge in [-0.1, -0.05) is 18.5 Å². The SMILES string of the molecule is CC[C@@H](CO)NS(=O)(=O)c1cc(N)c(C)cc1Cl. The van der Waals surface area contributed by atoms with Crippen molar-refractivity contribution in [3.05, 3.63) is 22.7 Å². The minimum atomic E-state index is -3.78. The first kappa shape index (κ1) is 15.2. The number of nitrogens with two attached hydrogens (primary N) is 1. The molecule has 0 saturated carbocycles. The first-order chi connectivity index (χ1) is 8.31. The third kappa shape index (κ3) is 3.35. The first-order valence-electron chi connectivity index (χ1n) is 5.50. The van der Waals surface area contributed by atoms with Crippen molar-refractivity contribution in [2.45, 2.75) is 31.2 Å². The molecule has 1 aromatic rings. The average Bonchev–Trinajstić information content (AvgIpc) is 2.30. The Bertz CT molecular complexity index is 527. The molecule has 0 saturated heterocycles. The molecule has 1 rings (SSSR count). The van der Waals surface area contributed by atoms with Gasteiger partial charge in [-0.05, 0) is 31.0 Å². The van der Waals surface area contributed by atoms with Crippen molar-refractivity contribution in [2.75, 3.05) is 12.3 Å². The van der Waals surface area contributed by atoms with Gasteiger partial charge in [0.1, 0.15) is 4.90 Å². The van der Waals surface area contributed by atoms with Crippen molar-refractivity contribution in [1.29, 1.82) is 0 Å². The summed E-state index contributed by atoms with van der Waals surface area (Å²) in [6, 6.07) is 2.30. The van der Waals surface area contributed by atoms with Crippen molar-refractivity contribution in [1.82, 2.24) is 4.72 Å². The third-order valence-electron chi connectivity index (χ3n) is 2.65. The highest BCUT2D eigenvalue weighted by atomic mass is 35.5. The number of aryl methyl sites for hydroxylation is 1. The predicted octanol–water partition coefficient (Wildman–Crippen LogP) is 1.28. The summed E-state index contributed by atoms with van der Waals surface area (Å²) in [6.07, 6.45) is 0.481. The number of nitrogen functional groups attached to an aromatic ring is 1. The second kappa shape index (κ2) is 5.88. The molecule has 0 bridgehead atoms. The molecule has 1 atom stereocenters. The van der Waals surface area contributed by atoms with E-state index in [0.717, 1.165) is 0 Å². The van der Waals surface area contributed by atoms with Gasteiger partial charge in [0, 0.05) is 11.7 Å². The van der Waals surface area contributed by atoms with Gasteiger partial charge >= 0.3 is 0 Å². The Labute approximate surface area is 112 Å². The van der Waals surface area contributed by atoms with Crippen LogP contribution in [0.15, 0.2) is 17.0 Å². The summed E-state index contributed by atoms with van der Waals surface area (Å²) in [7, 11) is -3.78. The molecule has 0 aliphatic heterocycles. The van der Waals surface area contributed by atoms with Crippen LogP contribution < -0.4 is 10.5 Å². The third-order valence-corrected chi connectivity index (χ3v) is 4.63. The van der Waals surface area contributed by atoms with Crippen LogP contribution >= 0.6 is 11.6 Å². The van der Waals surface area contributed by atoms with E-state index in [1.54, 1.807) is 13.8 Å². The predicted molar refractivity (Wildman–Crippen MR) is 72.1 cm³/mol. The topological polar surface area (TPSA) is 92.4 Å². The van der Waals surface area contributed by atoms with Gasteiger partial charge < -0.3 is 10.8 Å². The van der Waals surface area contributed by atoms with E-state index in [-0.39, 0.29) is 16.5 Å². The Hall–Kier alpha value is -0.820. The van der Waals surface area contributed by atoms with E-state index in [0.29, 0.717) is 17.7 Å². The van der Waals surface area contributed by atoms with Crippen molar-refractivity contribution >= 4 is 27.3 Å². The quantitative estimate of drug-likeness (QED) is 0.713. The molecule has 102 valence electrons. The molecule has 7 heteroatoms. The van der Waals surface area contributed by atoms with Gasteiger partial charge in [0.2, 0.25) is 10.0 Å². The molecule has 1 aromatic carbocycles. The van der Waals surface area contributed by atoms with Crippen molar-refractivity contribution in [3.8, 4) is 0 Å². The van der Waals surface area contributed by atoms with Crippen LogP contribution in [0.25, 0.3) is 0 Å². The number of nitrogens with one attached hydrogen (secondary N) is 1. The van der Waals surface area contributed by atoms with Crippen LogP contribution in [0.1, 0.15) is 18.9 Å². The zero-order valence-electron chi connectivity index (χ0n) is 10.3. The van der Waals surface area contributed by atoms with E-state index in [2.05, 4.69) is 4.72 Å². The fourth-order valence-corrected chi connectivity index (χ4v) is 3.33. The monoisotopic (exact) mass is 292 g/mol. The van der Waals surface area contributed by atoms with Crippen molar-refractivity contribution in [2.24, 2.45) is 0 Å². The zero-order chi connectivity index (χ0) is 13.9. The molecule has 0 spiro atoms. The number of halogens is 1. The Morgan fingerprint density at radius 3 is 2.61 bits per heavy atom. The Morgan fingerprint density at radius 1 is 1.50 bits per heavy atom. The maximum Gasteiger partial charge on any atom is 0.242 e. The van der Waals surface area contributed by atoms with Crippen LogP contribution in [0.5, 0.6) is 0 Å². The summed E-state index contributed by atoms with van der Waals surface area (Å²) in [5, 5.41) is 9.13. The van der Waals surface area contributed by atoms with Crippen LogP contribution in [0.2, 0.25) is 5.02 Å². The zero-order valence-corrected chi connectivity index (χ0v) is 11.8. The molecule has 0 heterocycles. The van der Waals surface area contributed by atoms with Gasteiger partial charge in [-0.3, -0.25) is 0 Å². The molecule has 0 unspecified atom stereocenters. The first-order valence-corrected chi connectivity index (χ1v) is 7.36. The van der Waals surface area contributed by atoms with Crippen molar-refractivity contribution in [3.63, 3.8) is 0 Å². The molecular formula is C11H17ClN2O3S. The Kier molecular flexibility index (Phi) is 4.98. The summed E-state index contributed by atoms with van der Waals surface area (Å²) >= 11 is 5.92. The highest BCUT2D eigenvalue weighted by molar-refractivity contribution is 7.89. The number of benzene rings is 1. The second-order valence-electron chi connectivity index (χ2n) is 4.05. The Morgan fingerprint density at radius 2 is 2.11 bits per heavy atom. The molecule has 5 nitrogen and oxygen atoms in total. The number of anilines is 1. The second-order valence-corrected chi connectivity index (χ2v) is 6.14. The number of aliphatic hydroxyl groups is 1. The van der Waals surface area contributed by atoms with Crippen LogP contribution in [-0.2, 0) is 10.0 Å². The minimum Gasteiger partial charge on any atom is -0.398 e. The molecule has 18 heavy (non-hydrogen) atoms.